The molecule has 88 valence electrons. The Morgan fingerprint density at radius 3 is 2.12 bits per heavy atom. The van der Waals surface area contributed by atoms with E-state index in [2.05, 4.69) is 0 Å². The molecule has 1 aliphatic heterocycles. The molecule has 0 bridgehead atoms. The molecule has 3 fully saturated rings. The average molecular weight is 223 g/mol. The largest absolute Gasteiger partial charge is 0.480 e. The highest BCUT2D eigenvalue weighted by Gasteiger charge is 2.59. The molecule has 0 aromatic heterocycles. The molecule has 0 aromatic carbocycles. The summed E-state index contributed by atoms with van der Waals surface area (Å²) in [5.74, 6) is 0.256. The lowest BCUT2D eigenvalue weighted by atomic mass is 10.0. The van der Waals surface area contributed by atoms with Gasteiger partial charge in [0.25, 0.3) is 0 Å². The van der Waals surface area contributed by atoms with Crippen LogP contribution in [0.15, 0.2) is 0 Å². The number of likely N-dealkylation sites (tertiary alicyclic amines) is 1. The molecular formula is C12H17NO3. The van der Waals surface area contributed by atoms with Crippen LogP contribution in [0.1, 0.15) is 32.1 Å². The van der Waals surface area contributed by atoms with Gasteiger partial charge in [0.1, 0.15) is 5.41 Å². The smallest absolute Gasteiger partial charge is 0.319 e. The fourth-order valence-corrected chi connectivity index (χ4v) is 3.35. The van der Waals surface area contributed by atoms with E-state index in [0.29, 0.717) is 24.7 Å². The zero-order valence-electron chi connectivity index (χ0n) is 9.32. The molecule has 3 aliphatic rings. The predicted molar refractivity (Wildman–Crippen MR) is 56.7 cm³/mol. The molecule has 2 atom stereocenters. The lowest BCUT2D eigenvalue weighted by Crippen LogP contribution is -2.40. The number of carboxylic acids is 1. The van der Waals surface area contributed by atoms with Crippen LogP contribution in [0.5, 0.6) is 0 Å². The van der Waals surface area contributed by atoms with E-state index in [9.17, 15) is 9.59 Å². The Morgan fingerprint density at radius 1 is 1.12 bits per heavy atom. The van der Waals surface area contributed by atoms with Gasteiger partial charge in [-0.05, 0) is 37.5 Å². The Morgan fingerprint density at radius 2 is 1.69 bits per heavy atom. The summed E-state index contributed by atoms with van der Waals surface area (Å²) in [4.78, 5) is 25.0. The number of carboxylic acid groups (broad SMARTS) is 1. The highest BCUT2D eigenvalue weighted by molar-refractivity contribution is 6.04. The van der Waals surface area contributed by atoms with Gasteiger partial charge in [-0.3, -0.25) is 9.59 Å². The van der Waals surface area contributed by atoms with E-state index in [-0.39, 0.29) is 5.91 Å². The normalized spacial score (nSPS) is 34.9. The number of aliphatic carboxylic acids is 1. The van der Waals surface area contributed by atoms with Gasteiger partial charge in [0.15, 0.2) is 0 Å². The second-order valence-electron chi connectivity index (χ2n) is 5.55. The predicted octanol–water partition coefficient (Wildman–Crippen LogP) is 1.11. The first-order chi connectivity index (χ1) is 7.63. The molecule has 2 saturated carbocycles. The number of carbonyl (C=O) groups is 2. The maximum atomic E-state index is 12.1. The first-order valence-electron chi connectivity index (χ1n) is 6.16. The molecular weight excluding hydrogens is 206 g/mol. The number of rotatable bonds is 2. The van der Waals surface area contributed by atoms with Gasteiger partial charge in [-0.15, -0.1) is 0 Å². The van der Waals surface area contributed by atoms with Crippen LogP contribution in [-0.2, 0) is 9.59 Å². The van der Waals surface area contributed by atoms with Crippen molar-refractivity contribution in [2.75, 3.05) is 13.1 Å². The monoisotopic (exact) mass is 223 g/mol. The summed E-state index contributed by atoms with van der Waals surface area (Å²) in [6.45, 7) is 1.61. The van der Waals surface area contributed by atoms with Gasteiger partial charge < -0.3 is 10.0 Å². The molecule has 4 heteroatoms. The fourth-order valence-electron chi connectivity index (χ4n) is 3.35. The van der Waals surface area contributed by atoms with Crippen molar-refractivity contribution in [2.45, 2.75) is 32.1 Å². The van der Waals surface area contributed by atoms with E-state index >= 15 is 0 Å². The zero-order chi connectivity index (χ0) is 11.3. The Balaban J connectivity index is 1.71. The standard InChI is InChI=1S/C12H17NO3/c14-10(12(4-5-12)11(15)16)13-6-8-2-1-3-9(8)7-13/h8-9H,1-7H2,(H,15,16). The van der Waals surface area contributed by atoms with E-state index in [0.717, 1.165) is 13.1 Å². The first-order valence-corrected chi connectivity index (χ1v) is 6.16. The Labute approximate surface area is 94.6 Å². The number of amides is 1. The van der Waals surface area contributed by atoms with Crippen molar-refractivity contribution in [3.63, 3.8) is 0 Å². The molecule has 4 nitrogen and oxygen atoms in total. The summed E-state index contributed by atoms with van der Waals surface area (Å²) in [6, 6.07) is 0. The average Bonchev–Trinajstić information content (AvgIpc) is 2.78. The van der Waals surface area contributed by atoms with E-state index < -0.39 is 11.4 Å². The van der Waals surface area contributed by atoms with Gasteiger partial charge in [0, 0.05) is 13.1 Å². The first kappa shape index (κ1) is 10.1. The minimum atomic E-state index is -1.03. The van der Waals surface area contributed by atoms with Crippen LogP contribution >= 0.6 is 0 Å². The van der Waals surface area contributed by atoms with Crippen molar-refractivity contribution in [1.82, 2.24) is 4.90 Å². The third-order valence-corrected chi connectivity index (χ3v) is 4.58. The molecule has 16 heavy (non-hydrogen) atoms. The van der Waals surface area contributed by atoms with Crippen LogP contribution in [0.2, 0.25) is 0 Å². The second-order valence-corrected chi connectivity index (χ2v) is 5.55. The van der Waals surface area contributed by atoms with Gasteiger partial charge in [0.05, 0.1) is 0 Å². The minimum absolute atomic E-state index is 0.116. The molecule has 0 radical (unpaired) electrons. The van der Waals surface area contributed by atoms with Gasteiger partial charge in [0.2, 0.25) is 5.91 Å². The fraction of sp³-hybridized carbons (Fsp3) is 0.833. The lowest BCUT2D eigenvalue weighted by Gasteiger charge is -2.21. The van der Waals surface area contributed by atoms with Crippen LogP contribution in [0.25, 0.3) is 0 Å². The summed E-state index contributed by atoms with van der Waals surface area (Å²) >= 11 is 0. The number of fused-ring (bicyclic) bond motifs is 1. The molecule has 3 rings (SSSR count). The van der Waals surface area contributed by atoms with Gasteiger partial charge in [-0.25, -0.2) is 0 Å². The Hall–Kier alpha value is -1.06. The van der Waals surface area contributed by atoms with E-state index in [1.807, 2.05) is 4.90 Å². The van der Waals surface area contributed by atoms with E-state index in [1.54, 1.807) is 0 Å². The maximum Gasteiger partial charge on any atom is 0.319 e. The van der Waals surface area contributed by atoms with Crippen LogP contribution in [0.3, 0.4) is 0 Å². The number of hydrogen-bond acceptors (Lipinski definition) is 2. The summed E-state index contributed by atoms with van der Waals surface area (Å²) in [5, 5.41) is 9.09. The van der Waals surface area contributed by atoms with Crippen molar-refractivity contribution in [2.24, 2.45) is 17.3 Å². The zero-order valence-corrected chi connectivity index (χ0v) is 9.32. The number of nitrogens with zero attached hydrogens (tertiary/aromatic N) is 1. The van der Waals surface area contributed by atoms with Gasteiger partial charge in [-0.1, -0.05) is 6.42 Å². The van der Waals surface area contributed by atoms with Gasteiger partial charge in [-0.2, -0.15) is 0 Å². The Kier molecular flexibility index (Phi) is 2.03. The summed E-state index contributed by atoms with van der Waals surface area (Å²) in [6.07, 6.45) is 4.78. The van der Waals surface area contributed by atoms with Crippen LogP contribution in [0, 0.1) is 17.3 Å². The van der Waals surface area contributed by atoms with Crippen molar-refractivity contribution >= 4 is 11.9 Å². The van der Waals surface area contributed by atoms with E-state index in [1.165, 1.54) is 19.3 Å². The molecule has 2 unspecified atom stereocenters. The molecule has 1 heterocycles. The SMILES string of the molecule is O=C(O)C1(C(=O)N2CC3CCCC3C2)CC1. The third kappa shape index (κ3) is 1.28. The van der Waals surface area contributed by atoms with Gasteiger partial charge >= 0.3 is 5.97 Å². The van der Waals surface area contributed by atoms with Crippen LogP contribution < -0.4 is 0 Å². The molecule has 1 saturated heterocycles. The highest BCUT2D eigenvalue weighted by atomic mass is 16.4. The summed E-state index contributed by atoms with van der Waals surface area (Å²) in [7, 11) is 0. The van der Waals surface area contributed by atoms with E-state index in [4.69, 9.17) is 5.11 Å². The molecule has 1 amide bonds. The lowest BCUT2D eigenvalue weighted by molar-refractivity contribution is -0.153. The molecule has 0 spiro atoms. The van der Waals surface area contributed by atoms with Crippen LogP contribution in [-0.4, -0.2) is 35.0 Å². The number of carbonyl (C=O) groups excluding carboxylic acids is 1. The number of hydrogen-bond donors (Lipinski definition) is 1. The molecule has 0 aromatic rings. The quantitative estimate of drug-likeness (QED) is 0.713. The second kappa shape index (κ2) is 3.22. The van der Waals surface area contributed by atoms with Crippen molar-refractivity contribution in [1.29, 1.82) is 0 Å². The van der Waals surface area contributed by atoms with Crippen molar-refractivity contribution < 1.29 is 14.7 Å². The summed E-state index contributed by atoms with van der Waals surface area (Å²) in [5.41, 5.74) is -1.03. The Bertz CT molecular complexity index is 336. The minimum Gasteiger partial charge on any atom is -0.480 e. The molecule has 2 aliphatic carbocycles. The van der Waals surface area contributed by atoms with Crippen LogP contribution in [0.4, 0.5) is 0 Å². The van der Waals surface area contributed by atoms with Crippen molar-refractivity contribution in [3.8, 4) is 0 Å². The van der Waals surface area contributed by atoms with Crippen molar-refractivity contribution in [3.05, 3.63) is 0 Å². The molecule has 1 N–H and O–H groups in total. The topological polar surface area (TPSA) is 57.6 Å². The third-order valence-electron chi connectivity index (χ3n) is 4.58. The summed E-state index contributed by atoms with van der Waals surface area (Å²) < 4.78 is 0. The highest BCUT2D eigenvalue weighted by Crippen LogP contribution is 2.49. The maximum absolute atomic E-state index is 12.1.